The summed E-state index contributed by atoms with van der Waals surface area (Å²) in [6.07, 6.45) is 0.954. The summed E-state index contributed by atoms with van der Waals surface area (Å²) < 4.78 is 0. The minimum Gasteiger partial charge on any atom is -0.347 e. The monoisotopic (exact) mass is 328 g/mol. The zero-order chi connectivity index (χ0) is 17.7. The highest BCUT2D eigenvalue weighted by molar-refractivity contribution is 5.77. The van der Waals surface area contributed by atoms with E-state index in [1.807, 2.05) is 58.0 Å². The van der Waals surface area contributed by atoms with E-state index in [1.54, 1.807) is 0 Å². The Morgan fingerprint density at radius 2 is 1.88 bits per heavy atom. The maximum atomic E-state index is 12.4. The second-order valence-electron chi connectivity index (χ2n) is 7.02. The molecule has 2 aromatic rings. The van der Waals surface area contributed by atoms with Gasteiger partial charge in [-0.25, -0.2) is 0 Å². The third-order valence-electron chi connectivity index (χ3n) is 3.53. The molecule has 1 aromatic heterocycles. The number of hydrogen-bond donors (Lipinski definition) is 2. The van der Waals surface area contributed by atoms with Crippen LogP contribution in [0.4, 0.5) is 0 Å². The molecule has 0 aliphatic rings. The summed E-state index contributed by atoms with van der Waals surface area (Å²) in [7, 11) is 0. The van der Waals surface area contributed by atoms with Crippen molar-refractivity contribution in [3.05, 3.63) is 46.4 Å². The van der Waals surface area contributed by atoms with Crippen molar-refractivity contribution in [1.29, 1.82) is 0 Å². The molecular formula is C18H24N4O2. The van der Waals surface area contributed by atoms with E-state index in [2.05, 4.69) is 20.5 Å². The summed E-state index contributed by atoms with van der Waals surface area (Å²) in [6.45, 7) is 7.88. The lowest BCUT2D eigenvalue weighted by atomic mass is 9.91. The van der Waals surface area contributed by atoms with Crippen LogP contribution >= 0.6 is 0 Å². The van der Waals surface area contributed by atoms with Gasteiger partial charge >= 0.3 is 0 Å². The lowest BCUT2D eigenvalue weighted by Crippen LogP contribution is -2.35. The topological polar surface area (TPSA) is 87.7 Å². The van der Waals surface area contributed by atoms with Gasteiger partial charge in [-0.3, -0.25) is 9.59 Å². The van der Waals surface area contributed by atoms with Gasteiger partial charge in [0, 0.05) is 12.0 Å². The number of carbonyl (C=O) groups is 1. The van der Waals surface area contributed by atoms with Gasteiger partial charge in [0.15, 0.2) is 11.5 Å². The molecule has 1 unspecified atom stereocenters. The SMILES string of the molecule is CCC(NC(=O)CC(C)(C)C)c1nnc(-c2ccccc2)[nH]c1=O. The Balaban J connectivity index is 2.21. The Morgan fingerprint density at radius 1 is 1.21 bits per heavy atom. The molecule has 24 heavy (non-hydrogen) atoms. The van der Waals surface area contributed by atoms with E-state index in [0.29, 0.717) is 18.7 Å². The van der Waals surface area contributed by atoms with Gasteiger partial charge in [0.25, 0.3) is 5.56 Å². The molecule has 0 spiro atoms. The standard InChI is InChI=1S/C18H24N4O2/c1-5-13(19-14(23)11-18(2,3)4)15-17(24)20-16(22-21-15)12-9-7-6-8-10-12/h6-10,13H,5,11H2,1-4H3,(H,19,23)(H,20,22,24). The Labute approximate surface area is 141 Å². The van der Waals surface area contributed by atoms with Crippen molar-refractivity contribution < 1.29 is 4.79 Å². The second kappa shape index (κ2) is 7.38. The molecule has 0 saturated carbocycles. The third kappa shape index (κ3) is 4.75. The zero-order valence-corrected chi connectivity index (χ0v) is 14.6. The number of benzene rings is 1. The highest BCUT2D eigenvalue weighted by atomic mass is 16.2. The molecule has 0 aliphatic carbocycles. The third-order valence-corrected chi connectivity index (χ3v) is 3.53. The van der Waals surface area contributed by atoms with Crippen molar-refractivity contribution in [3.8, 4) is 11.4 Å². The van der Waals surface area contributed by atoms with Crippen molar-refractivity contribution in [2.24, 2.45) is 5.41 Å². The number of nitrogens with zero attached hydrogens (tertiary/aromatic N) is 2. The highest BCUT2D eigenvalue weighted by Gasteiger charge is 2.22. The molecule has 1 amide bonds. The highest BCUT2D eigenvalue weighted by Crippen LogP contribution is 2.20. The number of hydrogen-bond acceptors (Lipinski definition) is 4. The van der Waals surface area contributed by atoms with Crippen LogP contribution in [0.25, 0.3) is 11.4 Å². The maximum absolute atomic E-state index is 12.4. The zero-order valence-electron chi connectivity index (χ0n) is 14.6. The first-order valence-corrected chi connectivity index (χ1v) is 8.12. The van der Waals surface area contributed by atoms with Crippen LogP contribution in [0.2, 0.25) is 0 Å². The summed E-state index contributed by atoms with van der Waals surface area (Å²) in [5.41, 5.74) is 0.585. The van der Waals surface area contributed by atoms with Gasteiger partial charge < -0.3 is 10.3 Å². The van der Waals surface area contributed by atoms with Crippen LogP contribution in [0.5, 0.6) is 0 Å². The van der Waals surface area contributed by atoms with E-state index in [1.165, 1.54) is 0 Å². The second-order valence-corrected chi connectivity index (χ2v) is 7.02. The number of aromatic amines is 1. The molecule has 2 N–H and O–H groups in total. The Kier molecular flexibility index (Phi) is 5.49. The smallest absolute Gasteiger partial charge is 0.275 e. The van der Waals surface area contributed by atoms with E-state index in [9.17, 15) is 9.59 Å². The number of carbonyl (C=O) groups excluding carboxylic acids is 1. The lowest BCUT2D eigenvalue weighted by molar-refractivity contribution is -0.123. The summed E-state index contributed by atoms with van der Waals surface area (Å²) in [6, 6.07) is 8.88. The van der Waals surface area contributed by atoms with Crippen molar-refractivity contribution >= 4 is 5.91 Å². The molecule has 1 atom stereocenters. The first-order valence-electron chi connectivity index (χ1n) is 8.12. The molecule has 6 nitrogen and oxygen atoms in total. The quantitative estimate of drug-likeness (QED) is 0.883. The van der Waals surface area contributed by atoms with Crippen molar-refractivity contribution in [2.75, 3.05) is 0 Å². The Hall–Kier alpha value is -2.50. The van der Waals surface area contributed by atoms with Crippen LogP contribution < -0.4 is 10.9 Å². The first kappa shape index (κ1) is 17.8. The molecule has 0 fully saturated rings. The van der Waals surface area contributed by atoms with Gasteiger partial charge in [-0.15, -0.1) is 10.2 Å². The molecule has 128 valence electrons. The van der Waals surface area contributed by atoms with Crippen LogP contribution in [-0.2, 0) is 4.79 Å². The summed E-state index contributed by atoms with van der Waals surface area (Å²) in [4.78, 5) is 27.2. The van der Waals surface area contributed by atoms with Crippen LogP contribution in [0.15, 0.2) is 35.1 Å². The molecule has 0 radical (unpaired) electrons. The van der Waals surface area contributed by atoms with Crippen LogP contribution in [0.3, 0.4) is 0 Å². The van der Waals surface area contributed by atoms with Gasteiger partial charge in [-0.1, -0.05) is 58.0 Å². The van der Waals surface area contributed by atoms with Crippen molar-refractivity contribution in [1.82, 2.24) is 20.5 Å². The number of amides is 1. The van der Waals surface area contributed by atoms with Crippen LogP contribution in [0, 0.1) is 5.41 Å². The summed E-state index contributed by atoms with van der Waals surface area (Å²) in [5, 5.41) is 11.0. The van der Waals surface area contributed by atoms with Gasteiger partial charge in [0.1, 0.15) is 0 Å². The van der Waals surface area contributed by atoms with Gasteiger partial charge in [0.05, 0.1) is 6.04 Å². The fraction of sp³-hybridized carbons (Fsp3) is 0.444. The molecule has 1 aromatic carbocycles. The van der Waals surface area contributed by atoms with Crippen LogP contribution in [0.1, 0.15) is 52.3 Å². The predicted octanol–water partition coefficient (Wildman–Crippen LogP) is 2.84. The molecular weight excluding hydrogens is 304 g/mol. The molecule has 2 rings (SSSR count). The average molecular weight is 328 g/mol. The van der Waals surface area contributed by atoms with Gasteiger partial charge in [-0.2, -0.15) is 0 Å². The largest absolute Gasteiger partial charge is 0.347 e. The number of rotatable bonds is 5. The number of aromatic nitrogens is 3. The normalized spacial score (nSPS) is 12.7. The van der Waals surface area contributed by atoms with E-state index < -0.39 is 6.04 Å². The van der Waals surface area contributed by atoms with Crippen molar-refractivity contribution in [3.63, 3.8) is 0 Å². The Bertz CT molecular complexity index is 748. The van der Waals surface area contributed by atoms with E-state index in [0.717, 1.165) is 5.56 Å². The minimum absolute atomic E-state index is 0.0947. The number of H-pyrrole nitrogens is 1. The molecule has 0 aliphatic heterocycles. The van der Waals surface area contributed by atoms with Crippen LogP contribution in [-0.4, -0.2) is 21.1 Å². The Morgan fingerprint density at radius 3 is 2.42 bits per heavy atom. The van der Waals surface area contributed by atoms with Gasteiger partial charge in [-0.05, 0) is 11.8 Å². The molecule has 0 saturated heterocycles. The fourth-order valence-electron chi connectivity index (χ4n) is 2.39. The predicted molar refractivity (Wildman–Crippen MR) is 93.3 cm³/mol. The van der Waals surface area contributed by atoms with Crippen molar-refractivity contribution in [2.45, 2.75) is 46.6 Å². The molecule has 0 bridgehead atoms. The molecule has 6 heteroatoms. The minimum atomic E-state index is -0.444. The average Bonchev–Trinajstić information content (AvgIpc) is 2.52. The first-order chi connectivity index (χ1) is 11.3. The summed E-state index contributed by atoms with van der Waals surface area (Å²) >= 11 is 0. The van der Waals surface area contributed by atoms with E-state index >= 15 is 0 Å². The maximum Gasteiger partial charge on any atom is 0.275 e. The van der Waals surface area contributed by atoms with E-state index in [-0.39, 0.29) is 22.6 Å². The fourth-order valence-corrected chi connectivity index (χ4v) is 2.39. The molecule has 1 heterocycles. The van der Waals surface area contributed by atoms with E-state index in [4.69, 9.17) is 0 Å². The van der Waals surface area contributed by atoms with Gasteiger partial charge in [0.2, 0.25) is 5.91 Å². The lowest BCUT2D eigenvalue weighted by Gasteiger charge is -2.20. The number of nitrogens with one attached hydrogen (secondary N) is 2. The summed E-state index contributed by atoms with van der Waals surface area (Å²) in [5.74, 6) is 0.322.